The topological polar surface area (TPSA) is 74.8 Å². The SMILES string of the molecule is Cc1cccc(C)c1-c1nc2ccc(NS(=O)(=O)c3ccccc3)cc2[nH]1. The van der Waals surface area contributed by atoms with Gasteiger partial charge in [0, 0.05) is 5.56 Å². The number of hydrogen-bond acceptors (Lipinski definition) is 3. The maximum absolute atomic E-state index is 12.5. The number of rotatable bonds is 4. The molecule has 0 unspecified atom stereocenters. The zero-order valence-electron chi connectivity index (χ0n) is 15.0. The Labute approximate surface area is 158 Å². The van der Waals surface area contributed by atoms with Gasteiger partial charge < -0.3 is 4.98 Å². The molecule has 0 atom stereocenters. The van der Waals surface area contributed by atoms with Gasteiger partial charge in [0.05, 0.1) is 21.6 Å². The Morgan fingerprint density at radius 3 is 2.30 bits per heavy atom. The van der Waals surface area contributed by atoms with Crippen molar-refractivity contribution in [3.8, 4) is 11.4 Å². The molecule has 0 saturated heterocycles. The minimum Gasteiger partial charge on any atom is -0.338 e. The van der Waals surface area contributed by atoms with Crippen molar-refractivity contribution in [1.29, 1.82) is 0 Å². The van der Waals surface area contributed by atoms with E-state index in [0.29, 0.717) is 5.69 Å². The largest absolute Gasteiger partial charge is 0.338 e. The molecule has 0 radical (unpaired) electrons. The van der Waals surface area contributed by atoms with Crippen molar-refractivity contribution in [3.63, 3.8) is 0 Å². The number of nitrogens with zero attached hydrogens (tertiary/aromatic N) is 1. The third kappa shape index (κ3) is 3.31. The lowest BCUT2D eigenvalue weighted by Crippen LogP contribution is -2.12. The zero-order chi connectivity index (χ0) is 19.0. The van der Waals surface area contributed by atoms with E-state index in [1.54, 1.807) is 42.5 Å². The molecule has 0 aliphatic heterocycles. The van der Waals surface area contributed by atoms with Crippen molar-refractivity contribution < 1.29 is 8.42 Å². The van der Waals surface area contributed by atoms with Gasteiger partial charge >= 0.3 is 0 Å². The van der Waals surface area contributed by atoms with Crippen LogP contribution >= 0.6 is 0 Å². The first-order valence-electron chi connectivity index (χ1n) is 8.58. The van der Waals surface area contributed by atoms with Gasteiger partial charge in [-0.3, -0.25) is 4.72 Å². The highest BCUT2D eigenvalue weighted by Gasteiger charge is 2.15. The van der Waals surface area contributed by atoms with Crippen molar-refractivity contribution in [3.05, 3.63) is 77.9 Å². The number of aryl methyl sites for hydroxylation is 2. The molecule has 4 aromatic rings. The van der Waals surface area contributed by atoms with Gasteiger partial charge in [0.25, 0.3) is 10.0 Å². The van der Waals surface area contributed by atoms with Crippen LogP contribution in [0.2, 0.25) is 0 Å². The maximum atomic E-state index is 12.5. The quantitative estimate of drug-likeness (QED) is 0.544. The van der Waals surface area contributed by atoms with Gasteiger partial charge in [-0.1, -0.05) is 36.4 Å². The average molecular weight is 377 g/mol. The lowest BCUT2D eigenvalue weighted by molar-refractivity contribution is 0.601. The zero-order valence-corrected chi connectivity index (χ0v) is 15.8. The molecule has 5 nitrogen and oxygen atoms in total. The number of benzene rings is 3. The van der Waals surface area contributed by atoms with Crippen molar-refractivity contribution in [2.24, 2.45) is 0 Å². The van der Waals surface area contributed by atoms with Crippen LogP contribution in [0.4, 0.5) is 5.69 Å². The Bertz CT molecular complexity index is 1210. The number of H-pyrrole nitrogens is 1. The molecule has 4 rings (SSSR count). The summed E-state index contributed by atoms with van der Waals surface area (Å²) < 4.78 is 27.7. The lowest BCUT2D eigenvalue weighted by atomic mass is 10.0. The molecule has 0 amide bonds. The first-order valence-corrected chi connectivity index (χ1v) is 10.1. The van der Waals surface area contributed by atoms with Crippen molar-refractivity contribution in [1.82, 2.24) is 9.97 Å². The van der Waals surface area contributed by atoms with E-state index >= 15 is 0 Å². The lowest BCUT2D eigenvalue weighted by Gasteiger charge is -2.07. The number of imidazole rings is 1. The summed E-state index contributed by atoms with van der Waals surface area (Å²) in [4.78, 5) is 8.21. The van der Waals surface area contributed by atoms with Gasteiger partial charge in [0.15, 0.2) is 0 Å². The van der Waals surface area contributed by atoms with Crippen LogP contribution in [-0.2, 0) is 10.0 Å². The molecule has 136 valence electrons. The molecule has 2 N–H and O–H groups in total. The Balaban J connectivity index is 1.72. The van der Waals surface area contributed by atoms with Crippen molar-refractivity contribution in [2.75, 3.05) is 4.72 Å². The highest BCUT2D eigenvalue weighted by molar-refractivity contribution is 7.92. The summed E-state index contributed by atoms with van der Waals surface area (Å²) in [7, 11) is -3.63. The van der Waals surface area contributed by atoms with Gasteiger partial charge in [-0.25, -0.2) is 13.4 Å². The molecule has 0 saturated carbocycles. The van der Waals surface area contributed by atoms with Gasteiger partial charge in [-0.05, 0) is 55.3 Å². The normalized spacial score (nSPS) is 11.6. The van der Waals surface area contributed by atoms with E-state index in [4.69, 9.17) is 0 Å². The third-order valence-electron chi connectivity index (χ3n) is 4.51. The summed E-state index contributed by atoms with van der Waals surface area (Å²) >= 11 is 0. The highest BCUT2D eigenvalue weighted by Crippen LogP contribution is 2.28. The molecule has 1 aromatic heterocycles. The summed E-state index contributed by atoms with van der Waals surface area (Å²) in [6.45, 7) is 4.10. The number of nitrogens with one attached hydrogen (secondary N) is 2. The summed E-state index contributed by atoms with van der Waals surface area (Å²) in [5.74, 6) is 0.781. The molecule has 0 spiro atoms. The molecular weight excluding hydrogens is 358 g/mol. The Morgan fingerprint density at radius 2 is 1.59 bits per heavy atom. The fourth-order valence-electron chi connectivity index (χ4n) is 3.19. The van der Waals surface area contributed by atoms with Crippen LogP contribution in [0.15, 0.2) is 71.6 Å². The van der Waals surface area contributed by atoms with Crippen molar-refractivity contribution >= 4 is 26.7 Å². The Morgan fingerprint density at radius 1 is 0.889 bits per heavy atom. The number of aromatic amines is 1. The van der Waals surface area contributed by atoms with E-state index in [1.165, 1.54) is 0 Å². The van der Waals surface area contributed by atoms with E-state index in [0.717, 1.165) is 33.5 Å². The molecule has 0 aliphatic carbocycles. The summed E-state index contributed by atoms with van der Waals surface area (Å²) in [6.07, 6.45) is 0. The summed E-state index contributed by atoms with van der Waals surface area (Å²) in [5, 5.41) is 0. The van der Waals surface area contributed by atoms with Crippen LogP contribution in [0.1, 0.15) is 11.1 Å². The van der Waals surface area contributed by atoms with Gasteiger partial charge in [-0.2, -0.15) is 0 Å². The van der Waals surface area contributed by atoms with Gasteiger partial charge in [0.1, 0.15) is 5.82 Å². The number of anilines is 1. The van der Waals surface area contributed by atoms with E-state index < -0.39 is 10.0 Å². The molecule has 0 fully saturated rings. The number of aromatic nitrogens is 2. The van der Waals surface area contributed by atoms with Crippen LogP contribution in [0, 0.1) is 13.8 Å². The van der Waals surface area contributed by atoms with Crippen LogP contribution in [0.3, 0.4) is 0 Å². The smallest absolute Gasteiger partial charge is 0.261 e. The minimum atomic E-state index is -3.63. The third-order valence-corrected chi connectivity index (χ3v) is 5.90. The van der Waals surface area contributed by atoms with E-state index in [-0.39, 0.29) is 4.90 Å². The molecule has 27 heavy (non-hydrogen) atoms. The standard InChI is InChI=1S/C21H19N3O2S/c1-14-7-6-8-15(2)20(14)21-22-18-12-11-16(13-19(18)23-21)24-27(25,26)17-9-4-3-5-10-17/h3-13,24H,1-2H3,(H,22,23). The van der Waals surface area contributed by atoms with Crippen LogP contribution < -0.4 is 4.72 Å². The molecule has 1 heterocycles. The second kappa shape index (κ2) is 6.55. The van der Waals surface area contributed by atoms with Crippen LogP contribution in [-0.4, -0.2) is 18.4 Å². The molecular formula is C21H19N3O2S. The van der Waals surface area contributed by atoms with Crippen LogP contribution in [0.25, 0.3) is 22.4 Å². The van der Waals surface area contributed by atoms with Gasteiger partial charge in [-0.15, -0.1) is 0 Å². The molecule has 6 heteroatoms. The predicted octanol–water partition coefficient (Wildman–Crippen LogP) is 4.65. The summed E-state index contributed by atoms with van der Waals surface area (Å²) in [6, 6.07) is 19.7. The first-order chi connectivity index (χ1) is 12.9. The Hall–Kier alpha value is -3.12. The minimum absolute atomic E-state index is 0.228. The fourth-order valence-corrected chi connectivity index (χ4v) is 4.26. The second-order valence-electron chi connectivity index (χ2n) is 6.50. The predicted molar refractivity (Wildman–Crippen MR) is 108 cm³/mol. The number of fused-ring (bicyclic) bond motifs is 1. The molecule has 0 aliphatic rings. The average Bonchev–Trinajstić information content (AvgIpc) is 3.05. The fraction of sp³-hybridized carbons (Fsp3) is 0.0952. The molecule has 3 aromatic carbocycles. The van der Waals surface area contributed by atoms with E-state index in [1.807, 2.05) is 12.1 Å². The first kappa shape index (κ1) is 17.3. The number of sulfonamides is 1. The second-order valence-corrected chi connectivity index (χ2v) is 8.19. The van der Waals surface area contributed by atoms with E-state index in [2.05, 4.69) is 40.7 Å². The van der Waals surface area contributed by atoms with Crippen molar-refractivity contribution in [2.45, 2.75) is 18.7 Å². The molecule has 0 bridgehead atoms. The maximum Gasteiger partial charge on any atom is 0.261 e. The highest BCUT2D eigenvalue weighted by atomic mass is 32.2. The Kier molecular flexibility index (Phi) is 4.20. The monoisotopic (exact) mass is 377 g/mol. The van der Waals surface area contributed by atoms with Crippen LogP contribution in [0.5, 0.6) is 0 Å². The summed E-state index contributed by atoms with van der Waals surface area (Å²) in [5.41, 5.74) is 5.40. The number of hydrogen-bond donors (Lipinski definition) is 2. The van der Waals surface area contributed by atoms with Gasteiger partial charge in [0.2, 0.25) is 0 Å². The van der Waals surface area contributed by atoms with E-state index in [9.17, 15) is 8.42 Å².